The summed E-state index contributed by atoms with van der Waals surface area (Å²) >= 11 is 0. The molecule has 3 aliphatic carbocycles. The van der Waals surface area contributed by atoms with Crippen molar-refractivity contribution in [1.82, 2.24) is 0 Å². The molecule has 3 aliphatic rings. The molecule has 1 aromatic rings. The van der Waals surface area contributed by atoms with Crippen LogP contribution < -0.4 is 0 Å². The molecule has 0 bridgehead atoms. The molecule has 0 spiro atoms. The number of hydrogen-bond acceptors (Lipinski definition) is 2. The van der Waals surface area contributed by atoms with Gasteiger partial charge in [-0.2, -0.15) is 0 Å². The van der Waals surface area contributed by atoms with Crippen molar-refractivity contribution in [3.05, 3.63) is 41.5 Å². The zero-order chi connectivity index (χ0) is 16.2. The SMILES string of the molecule is C1=Cc2ccccc2C(=NC2CCCCC2)C1=NC1CCCCC1. The molecular formula is C22H28N2. The van der Waals surface area contributed by atoms with Crippen LogP contribution in [0.5, 0.6) is 0 Å². The molecule has 0 amide bonds. The van der Waals surface area contributed by atoms with E-state index in [1.165, 1.54) is 75.3 Å². The number of allylic oxidation sites excluding steroid dienone is 1. The predicted molar refractivity (Wildman–Crippen MR) is 103 cm³/mol. The van der Waals surface area contributed by atoms with Gasteiger partial charge in [0.15, 0.2) is 0 Å². The van der Waals surface area contributed by atoms with Gasteiger partial charge >= 0.3 is 0 Å². The van der Waals surface area contributed by atoms with E-state index < -0.39 is 0 Å². The molecule has 0 unspecified atom stereocenters. The Hall–Kier alpha value is -1.70. The highest BCUT2D eigenvalue weighted by atomic mass is 14.9. The molecule has 1 aromatic carbocycles. The van der Waals surface area contributed by atoms with E-state index in [0.29, 0.717) is 12.1 Å². The van der Waals surface area contributed by atoms with Gasteiger partial charge in [0.1, 0.15) is 0 Å². The molecular weight excluding hydrogens is 292 g/mol. The van der Waals surface area contributed by atoms with Crippen LogP contribution in [0.4, 0.5) is 0 Å². The summed E-state index contributed by atoms with van der Waals surface area (Å²) in [4.78, 5) is 10.4. The first-order valence-corrected chi connectivity index (χ1v) is 9.83. The summed E-state index contributed by atoms with van der Waals surface area (Å²) in [5, 5.41) is 0. The Morgan fingerprint density at radius 1 is 0.667 bits per heavy atom. The van der Waals surface area contributed by atoms with E-state index in [-0.39, 0.29) is 0 Å². The Kier molecular flexibility index (Phi) is 4.91. The molecule has 4 rings (SSSR count). The second-order valence-electron chi connectivity index (χ2n) is 7.50. The number of aliphatic imine (C=N–C) groups is 2. The molecule has 0 aliphatic heterocycles. The lowest BCUT2D eigenvalue weighted by Gasteiger charge is -2.24. The van der Waals surface area contributed by atoms with Crippen LogP contribution in [0, 0.1) is 0 Å². The summed E-state index contributed by atoms with van der Waals surface area (Å²) < 4.78 is 0. The van der Waals surface area contributed by atoms with Gasteiger partial charge in [0.05, 0.1) is 23.5 Å². The molecule has 0 radical (unpaired) electrons. The molecule has 24 heavy (non-hydrogen) atoms. The minimum atomic E-state index is 0.491. The molecule has 2 saturated carbocycles. The van der Waals surface area contributed by atoms with Crippen molar-refractivity contribution in [2.75, 3.05) is 0 Å². The fourth-order valence-electron chi connectivity index (χ4n) is 4.28. The Labute approximate surface area is 145 Å². The Bertz CT molecular complexity index is 656. The molecule has 0 atom stereocenters. The Morgan fingerprint density at radius 3 is 2.00 bits per heavy atom. The molecule has 2 heteroatoms. The fraction of sp³-hybridized carbons (Fsp3) is 0.545. The summed E-state index contributed by atoms with van der Waals surface area (Å²) in [5.74, 6) is 0. The fourth-order valence-corrected chi connectivity index (χ4v) is 4.28. The Morgan fingerprint density at radius 2 is 1.29 bits per heavy atom. The lowest BCUT2D eigenvalue weighted by atomic mass is 9.91. The van der Waals surface area contributed by atoms with Gasteiger partial charge in [-0.15, -0.1) is 0 Å². The number of rotatable bonds is 2. The first-order valence-electron chi connectivity index (χ1n) is 9.83. The molecule has 2 fully saturated rings. The van der Waals surface area contributed by atoms with Gasteiger partial charge in [-0.05, 0) is 37.3 Å². The maximum Gasteiger partial charge on any atom is 0.0908 e. The van der Waals surface area contributed by atoms with Gasteiger partial charge in [-0.1, -0.05) is 68.9 Å². The third-order valence-corrected chi connectivity index (χ3v) is 5.66. The third kappa shape index (κ3) is 3.53. The van der Waals surface area contributed by atoms with Gasteiger partial charge < -0.3 is 0 Å². The van der Waals surface area contributed by atoms with Crippen LogP contribution in [0.1, 0.15) is 75.3 Å². The van der Waals surface area contributed by atoms with Crippen LogP contribution in [0.15, 0.2) is 40.3 Å². The Balaban J connectivity index is 1.69. The van der Waals surface area contributed by atoms with Gasteiger partial charge in [0.25, 0.3) is 0 Å². The zero-order valence-electron chi connectivity index (χ0n) is 14.6. The van der Waals surface area contributed by atoms with Gasteiger partial charge in [0, 0.05) is 5.56 Å². The topological polar surface area (TPSA) is 24.7 Å². The van der Waals surface area contributed by atoms with Crippen molar-refractivity contribution in [3.8, 4) is 0 Å². The second-order valence-corrected chi connectivity index (χ2v) is 7.50. The quantitative estimate of drug-likeness (QED) is 0.677. The minimum Gasteiger partial charge on any atom is -0.280 e. The van der Waals surface area contributed by atoms with Crippen LogP contribution in [0.3, 0.4) is 0 Å². The molecule has 0 N–H and O–H groups in total. The standard InChI is InChI=1S/C22H28N2/c1-3-10-18(11-4-1)23-21-16-15-17-9-7-8-14-20(17)22(21)24-19-12-5-2-6-13-19/h7-9,14-16,18-19H,1-6,10-13H2. The van der Waals surface area contributed by atoms with E-state index >= 15 is 0 Å². The summed E-state index contributed by atoms with van der Waals surface area (Å²) in [6.45, 7) is 0. The average molecular weight is 320 g/mol. The predicted octanol–water partition coefficient (Wildman–Crippen LogP) is 5.61. The largest absolute Gasteiger partial charge is 0.280 e. The highest BCUT2D eigenvalue weighted by Crippen LogP contribution is 2.26. The zero-order valence-corrected chi connectivity index (χ0v) is 14.6. The number of nitrogens with zero attached hydrogens (tertiary/aromatic N) is 2. The molecule has 2 nitrogen and oxygen atoms in total. The average Bonchev–Trinajstić information content (AvgIpc) is 2.65. The van der Waals surface area contributed by atoms with Crippen LogP contribution in [-0.4, -0.2) is 23.5 Å². The van der Waals surface area contributed by atoms with Crippen molar-refractivity contribution >= 4 is 17.5 Å². The van der Waals surface area contributed by atoms with E-state index in [0.717, 1.165) is 11.4 Å². The van der Waals surface area contributed by atoms with Crippen molar-refractivity contribution in [3.63, 3.8) is 0 Å². The number of fused-ring (bicyclic) bond motifs is 1. The monoisotopic (exact) mass is 320 g/mol. The van der Waals surface area contributed by atoms with Crippen LogP contribution in [0.25, 0.3) is 6.08 Å². The molecule has 0 heterocycles. The smallest absolute Gasteiger partial charge is 0.0908 e. The van der Waals surface area contributed by atoms with Crippen LogP contribution in [0.2, 0.25) is 0 Å². The summed E-state index contributed by atoms with van der Waals surface area (Å²) in [6.07, 6.45) is 17.5. The highest BCUT2D eigenvalue weighted by molar-refractivity contribution is 6.54. The van der Waals surface area contributed by atoms with Crippen molar-refractivity contribution in [2.24, 2.45) is 9.98 Å². The van der Waals surface area contributed by atoms with Crippen molar-refractivity contribution in [1.29, 1.82) is 0 Å². The third-order valence-electron chi connectivity index (χ3n) is 5.66. The maximum atomic E-state index is 5.22. The van der Waals surface area contributed by atoms with Gasteiger partial charge in [0.2, 0.25) is 0 Å². The van der Waals surface area contributed by atoms with E-state index in [9.17, 15) is 0 Å². The van der Waals surface area contributed by atoms with E-state index in [1.807, 2.05) is 0 Å². The number of benzene rings is 1. The van der Waals surface area contributed by atoms with Crippen LogP contribution in [-0.2, 0) is 0 Å². The highest BCUT2D eigenvalue weighted by Gasteiger charge is 2.22. The number of hydrogen-bond donors (Lipinski definition) is 0. The van der Waals surface area contributed by atoms with E-state index in [4.69, 9.17) is 9.98 Å². The molecule has 126 valence electrons. The maximum absolute atomic E-state index is 5.22. The lowest BCUT2D eigenvalue weighted by molar-refractivity contribution is 0.442. The van der Waals surface area contributed by atoms with Crippen molar-refractivity contribution < 1.29 is 0 Å². The van der Waals surface area contributed by atoms with E-state index in [2.05, 4.69) is 36.4 Å². The first-order chi connectivity index (χ1) is 11.9. The lowest BCUT2D eigenvalue weighted by Crippen LogP contribution is -2.24. The normalized spacial score (nSPS) is 26.0. The minimum absolute atomic E-state index is 0.491. The second kappa shape index (κ2) is 7.46. The summed E-state index contributed by atoms with van der Waals surface area (Å²) in [5.41, 5.74) is 4.85. The van der Waals surface area contributed by atoms with Gasteiger partial charge in [-0.25, -0.2) is 0 Å². The van der Waals surface area contributed by atoms with Crippen LogP contribution >= 0.6 is 0 Å². The first kappa shape index (κ1) is 15.8. The van der Waals surface area contributed by atoms with Gasteiger partial charge in [-0.3, -0.25) is 9.98 Å². The molecule has 0 saturated heterocycles. The van der Waals surface area contributed by atoms with Crippen molar-refractivity contribution in [2.45, 2.75) is 76.3 Å². The summed E-state index contributed by atoms with van der Waals surface area (Å²) in [6, 6.07) is 9.65. The molecule has 0 aromatic heterocycles. The van der Waals surface area contributed by atoms with E-state index in [1.54, 1.807) is 0 Å². The summed E-state index contributed by atoms with van der Waals surface area (Å²) in [7, 11) is 0.